The van der Waals surface area contributed by atoms with Gasteiger partial charge in [-0.3, -0.25) is 4.79 Å². The van der Waals surface area contributed by atoms with Crippen LogP contribution in [0.4, 0.5) is 0 Å². The monoisotopic (exact) mass is 198 g/mol. The number of hydrogen-bond acceptors (Lipinski definition) is 2. The van der Waals surface area contributed by atoms with Crippen molar-refractivity contribution in [3.8, 4) is 0 Å². The standard InChI is InChI=1S/C11H22N2O/c1-5-6-7-13-10(14)9(2)12-8-11(13,3)4/h9,12H,5-8H2,1-4H3. The minimum atomic E-state index is -0.0290. The molecule has 0 spiro atoms. The number of carbonyl (C=O) groups excluding carboxylic acids is 1. The molecule has 1 fully saturated rings. The van der Waals surface area contributed by atoms with Crippen LogP contribution in [0.25, 0.3) is 0 Å². The summed E-state index contributed by atoms with van der Waals surface area (Å²) >= 11 is 0. The van der Waals surface area contributed by atoms with E-state index in [2.05, 4.69) is 26.1 Å². The van der Waals surface area contributed by atoms with E-state index in [0.29, 0.717) is 0 Å². The van der Waals surface area contributed by atoms with Crippen LogP contribution < -0.4 is 5.32 Å². The Kier molecular flexibility index (Phi) is 3.53. The van der Waals surface area contributed by atoms with Crippen molar-refractivity contribution in [2.24, 2.45) is 0 Å². The number of amides is 1. The van der Waals surface area contributed by atoms with Gasteiger partial charge in [-0.25, -0.2) is 0 Å². The first kappa shape index (κ1) is 11.5. The predicted octanol–water partition coefficient (Wildman–Crippen LogP) is 1.39. The molecule has 0 aromatic heterocycles. The number of nitrogens with one attached hydrogen (secondary N) is 1. The van der Waals surface area contributed by atoms with Gasteiger partial charge in [0.1, 0.15) is 0 Å². The van der Waals surface area contributed by atoms with Gasteiger partial charge < -0.3 is 10.2 Å². The number of nitrogens with zero attached hydrogens (tertiary/aromatic N) is 1. The highest BCUT2D eigenvalue weighted by molar-refractivity contribution is 5.83. The summed E-state index contributed by atoms with van der Waals surface area (Å²) < 4.78 is 0. The van der Waals surface area contributed by atoms with Gasteiger partial charge in [-0.2, -0.15) is 0 Å². The molecule has 0 aromatic carbocycles. The topological polar surface area (TPSA) is 32.3 Å². The Morgan fingerprint density at radius 1 is 1.57 bits per heavy atom. The molecule has 1 atom stereocenters. The van der Waals surface area contributed by atoms with E-state index in [1.165, 1.54) is 0 Å². The molecule has 1 rings (SSSR count). The lowest BCUT2D eigenvalue weighted by Gasteiger charge is -2.45. The normalized spacial score (nSPS) is 26.7. The van der Waals surface area contributed by atoms with Crippen molar-refractivity contribution >= 4 is 5.91 Å². The second-order valence-corrected chi connectivity index (χ2v) is 4.76. The number of carbonyl (C=O) groups is 1. The second kappa shape index (κ2) is 4.30. The van der Waals surface area contributed by atoms with Crippen LogP contribution in [-0.4, -0.2) is 35.5 Å². The summed E-state index contributed by atoms with van der Waals surface area (Å²) in [4.78, 5) is 13.9. The molecule has 0 bridgehead atoms. The molecule has 1 N–H and O–H groups in total. The first-order chi connectivity index (χ1) is 6.49. The van der Waals surface area contributed by atoms with Crippen molar-refractivity contribution in [3.63, 3.8) is 0 Å². The summed E-state index contributed by atoms with van der Waals surface area (Å²) in [6, 6.07) is -0.0140. The third-order valence-corrected chi connectivity index (χ3v) is 2.94. The quantitative estimate of drug-likeness (QED) is 0.743. The summed E-state index contributed by atoms with van der Waals surface area (Å²) in [5.74, 6) is 0.245. The maximum atomic E-state index is 11.9. The van der Waals surface area contributed by atoms with Gasteiger partial charge in [-0.05, 0) is 27.2 Å². The van der Waals surface area contributed by atoms with Crippen LogP contribution in [0.1, 0.15) is 40.5 Å². The first-order valence-electron chi connectivity index (χ1n) is 5.54. The number of unbranched alkanes of at least 4 members (excludes halogenated alkanes) is 1. The van der Waals surface area contributed by atoms with Gasteiger partial charge in [0.25, 0.3) is 0 Å². The molecule has 0 aromatic rings. The van der Waals surface area contributed by atoms with Crippen LogP contribution in [0.3, 0.4) is 0 Å². The van der Waals surface area contributed by atoms with Crippen molar-refractivity contribution in [2.45, 2.75) is 52.1 Å². The van der Waals surface area contributed by atoms with Crippen LogP contribution >= 0.6 is 0 Å². The van der Waals surface area contributed by atoms with Crippen LogP contribution in [0.5, 0.6) is 0 Å². The fourth-order valence-electron chi connectivity index (χ4n) is 1.85. The van der Waals surface area contributed by atoms with E-state index in [1.54, 1.807) is 0 Å². The third-order valence-electron chi connectivity index (χ3n) is 2.94. The molecule has 0 aliphatic carbocycles. The van der Waals surface area contributed by atoms with Gasteiger partial charge in [0.05, 0.1) is 6.04 Å². The predicted molar refractivity (Wildman–Crippen MR) is 58.2 cm³/mol. The Morgan fingerprint density at radius 3 is 2.79 bits per heavy atom. The van der Waals surface area contributed by atoms with Crippen LogP contribution in [0, 0.1) is 0 Å². The third kappa shape index (κ3) is 2.27. The van der Waals surface area contributed by atoms with Crippen LogP contribution in [0.2, 0.25) is 0 Å². The minimum Gasteiger partial charge on any atom is -0.335 e. The molecular formula is C11H22N2O. The maximum Gasteiger partial charge on any atom is 0.239 e. The molecule has 3 nitrogen and oxygen atoms in total. The van der Waals surface area contributed by atoms with Crippen molar-refractivity contribution in [1.82, 2.24) is 10.2 Å². The summed E-state index contributed by atoms with van der Waals surface area (Å²) in [6.45, 7) is 10.1. The highest BCUT2D eigenvalue weighted by atomic mass is 16.2. The lowest BCUT2D eigenvalue weighted by Crippen LogP contribution is -2.64. The molecule has 1 amide bonds. The molecule has 1 heterocycles. The molecule has 82 valence electrons. The van der Waals surface area contributed by atoms with Crippen molar-refractivity contribution in [3.05, 3.63) is 0 Å². The summed E-state index contributed by atoms with van der Waals surface area (Å²) in [5, 5.41) is 3.24. The molecular weight excluding hydrogens is 176 g/mol. The molecule has 1 aliphatic heterocycles. The van der Waals surface area contributed by atoms with E-state index in [0.717, 1.165) is 25.9 Å². The Morgan fingerprint density at radius 2 is 2.21 bits per heavy atom. The highest BCUT2D eigenvalue weighted by Crippen LogP contribution is 2.19. The average Bonchev–Trinajstić information content (AvgIpc) is 2.12. The zero-order valence-electron chi connectivity index (χ0n) is 9.76. The Hall–Kier alpha value is -0.570. The lowest BCUT2D eigenvalue weighted by atomic mass is 9.97. The van der Waals surface area contributed by atoms with Crippen molar-refractivity contribution in [2.75, 3.05) is 13.1 Å². The van der Waals surface area contributed by atoms with Gasteiger partial charge >= 0.3 is 0 Å². The second-order valence-electron chi connectivity index (χ2n) is 4.76. The van der Waals surface area contributed by atoms with Crippen LogP contribution in [-0.2, 0) is 4.79 Å². The number of piperazine rings is 1. The maximum absolute atomic E-state index is 11.9. The average molecular weight is 198 g/mol. The Bertz CT molecular complexity index is 213. The molecule has 14 heavy (non-hydrogen) atoms. The smallest absolute Gasteiger partial charge is 0.239 e. The number of hydrogen-bond donors (Lipinski definition) is 1. The van der Waals surface area contributed by atoms with E-state index >= 15 is 0 Å². The highest BCUT2D eigenvalue weighted by Gasteiger charge is 2.37. The fourth-order valence-corrected chi connectivity index (χ4v) is 1.85. The minimum absolute atomic E-state index is 0.0140. The molecule has 0 radical (unpaired) electrons. The summed E-state index contributed by atoms with van der Waals surface area (Å²) in [6.07, 6.45) is 2.24. The zero-order valence-corrected chi connectivity index (χ0v) is 9.76. The van der Waals surface area contributed by atoms with E-state index in [1.807, 2.05) is 11.8 Å². The lowest BCUT2D eigenvalue weighted by molar-refractivity contribution is -0.142. The van der Waals surface area contributed by atoms with Gasteiger partial charge in [-0.1, -0.05) is 13.3 Å². The molecule has 1 aliphatic rings. The summed E-state index contributed by atoms with van der Waals surface area (Å²) in [5.41, 5.74) is -0.0290. The van der Waals surface area contributed by atoms with Crippen molar-refractivity contribution in [1.29, 1.82) is 0 Å². The van der Waals surface area contributed by atoms with Gasteiger partial charge in [0.15, 0.2) is 0 Å². The van der Waals surface area contributed by atoms with E-state index in [-0.39, 0.29) is 17.5 Å². The molecule has 1 unspecified atom stereocenters. The van der Waals surface area contributed by atoms with Gasteiger partial charge in [-0.15, -0.1) is 0 Å². The van der Waals surface area contributed by atoms with Gasteiger partial charge in [0.2, 0.25) is 5.91 Å². The van der Waals surface area contributed by atoms with Gasteiger partial charge in [0, 0.05) is 18.6 Å². The molecule has 0 saturated carbocycles. The zero-order chi connectivity index (χ0) is 10.8. The molecule has 3 heteroatoms. The summed E-state index contributed by atoms with van der Waals surface area (Å²) in [7, 11) is 0. The van der Waals surface area contributed by atoms with E-state index in [9.17, 15) is 4.79 Å². The number of rotatable bonds is 3. The molecule has 1 saturated heterocycles. The fraction of sp³-hybridized carbons (Fsp3) is 0.909. The Labute approximate surface area is 86.9 Å². The van der Waals surface area contributed by atoms with Crippen LogP contribution in [0.15, 0.2) is 0 Å². The van der Waals surface area contributed by atoms with E-state index in [4.69, 9.17) is 0 Å². The largest absolute Gasteiger partial charge is 0.335 e. The van der Waals surface area contributed by atoms with Crippen molar-refractivity contribution < 1.29 is 4.79 Å². The van der Waals surface area contributed by atoms with E-state index < -0.39 is 0 Å². The SMILES string of the molecule is CCCCN1C(=O)C(C)NCC1(C)C. The first-order valence-corrected chi connectivity index (χ1v) is 5.54. The Balaban J connectivity index is 2.67.